The minimum atomic E-state index is 0.822. The SMILES string of the molecule is CCc1ccc2c(c1)CC(c1ccc(N)cc1)=C2. The van der Waals surface area contributed by atoms with E-state index in [2.05, 4.69) is 43.3 Å². The second-order valence-electron chi connectivity index (χ2n) is 4.86. The van der Waals surface area contributed by atoms with E-state index >= 15 is 0 Å². The third-order valence-electron chi connectivity index (χ3n) is 3.61. The molecular formula is C17H17N. The maximum Gasteiger partial charge on any atom is 0.0314 e. The number of anilines is 1. The highest BCUT2D eigenvalue weighted by atomic mass is 14.5. The van der Waals surface area contributed by atoms with Crippen molar-refractivity contribution in [1.29, 1.82) is 0 Å². The van der Waals surface area contributed by atoms with Gasteiger partial charge in [-0.15, -0.1) is 0 Å². The first-order valence-electron chi connectivity index (χ1n) is 6.44. The molecule has 0 unspecified atom stereocenters. The summed E-state index contributed by atoms with van der Waals surface area (Å²) in [5.74, 6) is 0. The predicted octanol–water partition coefficient (Wildman–Crippen LogP) is 3.93. The number of allylic oxidation sites excluding steroid dienone is 1. The van der Waals surface area contributed by atoms with Gasteiger partial charge >= 0.3 is 0 Å². The van der Waals surface area contributed by atoms with Gasteiger partial charge in [-0.05, 0) is 52.8 Å². The highest BCUT2D eigenvalue weighted by Crippen LogP contribution is 2.32. The van der Waals surface area contributed by atoms with E-state index in [0.717, 1.165) is 18.5 Å². The molecule has 0 aromatic heterocycles. The second kappa shape index (κ2) is 4.34. The van der Waals surface area contributed by atoms with E-state index in [1.807, 2.05) is 12.1 Å². The van der Waals surface area contributed by atoms with E-state index < -0.39 is 0 Å². The van der Waals surface area contributed by atoms with Gasteiger partial charge in [0.25, 0.3) is 0 Å². The third-order valence-corrected chi connectivity index (χ3v) is 3.61. The molecule has 3 rings (SSSR count). The Balaban J connectivity index is 1.93. The summed E-state index contributed by atoms with van der Waals surface area (Å²) >= 11 is 0. The molecule has 18 heavy (non-hydrogen) atoms. The fraction of sp³-hybridized carbons (Fsp3) is 0.176. The van der Waals surface area contributed by atoms with E-state index in [0.29, 0.717) is 0 Å². The molecule has 1 heteroatoms. The van der Waals surface area contributed by atoms with E-state index in [1.54, 1.807) is 0 Å². The average molecular weight is 235 g/mol. The Morgan fingerprint density at radius 2 is 1.83 bits per heavy atom. The summed E-state index contributed by atoms with van der Waals surface area (Å²) in [5, 5.41) is 0. The summed E-state index contributed by atoms with van der Waals surface area (Å²) in [7, 11) is 0. The predicted molar refractivity (Wildman–Crippen MR) is 78.2 cm³/mol. The van der Waals surface area contributed by atoms with Crippen molar-refractivity contribution in [2.75, 3.05) is 5.73 Å². The molecule has 0 atom stereocenters. The number of hydrogen-bond acceptors (Lipinski definition) is 1. The van der Waals surface area contributed by atoms with Crippen LogP contribution in [0, 0.1) is 0 Å². The third kappa shape index (κ3) is 1.92. The number of fused-ring (bicyclic) bond motifs is 1. The van der Waals surface area contributed by atoms with Gasteiger partial charge in [-0.1, -0.05) is 43.3 Å². The molecule has 0 heterocycles. The molecule has 1 nitrogen and oxygen atoms in total. The van der Waals surface area contributed by atoms with Crippen LogP contribution in [-0.2, 0) is 12.8 Å². The van der Waals surface area contributed by atoms with Crippen LogP contribution in [0.5, 0.6) is 0 Å². The number of rotatable bonds is 2. The molecule has 0 fully saturated rings. The molecule has 90 valence electrons. The van der Waals surface area contributed by atoms with Crippen LogP contribution >= 0.6 is 0 Å². The lowest BCUT2D eigenvalue weighted by atomic mass is 10.0. The Morgan fingerprint density at radius 3 is 2.56 bits per heavy atom. The lowest BCUT2D eigenvalue weighted by Gasteiger charge is -2.04. The van der Waals surface area contributed by atoms with Crippen molar-refractivity contribution in [2.24, 2.45) is 0 Å². The number of benzene rings is 2. The Bertz CT molecular complexity index is 606. The monoisotopic (exact) mass is 235 g/mol. The Hall–Kier alpha value is -2.02. The fourth-order valence-electron chi connectivity index (χ4n) is 2.50. The van der Waals surface area contributed by atoms with E-state index in [1.165, 1.54) is 27.8 Å². The zero-order valence-electron chi connectivity index (χ0n) is 10.6. The molecule has 0 radical (unpaired) electrons. The van der Waals surface area contributed by atoms with Gasteiger partial charge in [-0.2, -0.15) is 0 Å². The number of hydrogen-bond donors (Lipinski definition) is 1. The molecule has 1 aliphatic carbocycles. The summed E-state index contributed by atoms with van der Waals surface area (Å²) in [4.78, 5) is 0. The first-order chi connectivity index (χ1) is 8.76. The van der Waals surface area contributed by atoms with Crippen LogP contribution in [0.15, 0.2) is 42.5 Å². The molecule has 0 amide bonds. The molecule has 1 aliphatic rings. The maximum absolute atomic E-state index is 5.73. The van der Waals surface area contributed by atoms with Crippen LogP contribution in [0.25, 0.3) is 11.6 Å². The number of nitrogen functional groups attached to an aromatic ring is 1. The van der Waals surface area contributed by atoms with E-state index in [-0.39, 0.29) is 0 Å². The first-order valence-corrected chi connectivity index (χ1v) is 6.44. The van der Waals surface area contributed by atoms with Gasteiger partial charge < -0.3 is 5.73 Å². The lowest BCUT2D eigenvalue weighted by Crippen LogP contribution is -1.89. The Morgan fingerprint density at radius 1 is 1.06 bits per heavy atom. The summed E-state index contributed by atoms with van der Waals surface area (Å²) in [6.45, 7) is 2.20. The highest BCUT2D eigenvalue weighted by Gasteiger charge is 2.14. The van der Waals surface area contributed by atoms with Gasteiger partial charge in [0.15, 0.2) is 0 Å². The molecule has 2 N–H and O–H groups in total. The topological polar surface area (TPSA) is 26.0 Å². The van der Waals surface area contributed by atoms with Crippen molar-refractivity contribution < 1.29 is 0 Å². The minimum absolute atomic E-state index is 0.822. The van der Waals surface area contributed by atoms with Gasteiger partial charge in [-0.25, -0.2) is 0 Å². The van der Waals surface area contributed by atoms with Crippen LogP contribution in [0.1, 0.15) is 29.2 Å². The maximum atomic E-state index is 5.73. The van der Waals surface area contributed by atoms with Gasteiger partial charge in [0.1, 0.15) is 0 Å². The van der Waals surface area contributed by atoms with Crippen LogP contribution < -0.4 is 5.73 Å². The normalized spacial score (nSPS) is 13.3. The molecule has 0 saturated carbocycles. The number of aryl methyl sites for hydroxylation is 1. The standard InChI is InChI=1S/C17H17N/c1-2-12-3-4-14-10-16(11-15(14)9-12)13-5-7-17(18)8-6-13/h3-10H,2,11,18H2,1H3. The summed E-state index contributed by atoms with van der Waals surface area (Å²) < 4.78 is 0. The van der Waals surface area contributed by atoms with Crippen molar-refractivity contribution in [3.8, 4) is 0 Å². The molecular weight excluding hydrogens is 218 g/mol. The highest BCUT2D eigenvalue weighted by molar-refractivity contribution is 5.88. The van der Waals surface area contributed by atoms with Crippen molar-refractivity contribution >= 4 is 17.3 Å². The van der Waals surface area contributed by atoms with Crippen molar-refractivity contribution in [3.05, 3.63) is 64.7 Å². The van der Waals surface area contributed by atoms with Crippen LogP contribution in [0.3, 0.4) is 0 Å². The summed E-state index contributed by atoms with van der Waals surface area (Å²) in [5.41, 5.74) is 13.4. The zero-order valence-corrected chi connectivity index (χ0v) is 10.6. The number of nitrogens with two attached hydrogens (primary N) is 1. The van der Waals surface area contributed by atoms with Crippen molar-refractivity contribution in [3.63, 3.8) is 0 Å². The molecule has 0 bridgehead atoms. The second-order valence-corrected chi connectivity index (χ2v) is 4.86. The summed E-state index contributed by atoms with van der Waals surface area (Å²) in [6, 6.07) is 14.9. The van der Waals surface area contributed by atoms with Gasteiger partial charge in [0.05, 0.1) is 0 Å². The van der Waals surface area contributed by atoms with Gasteiger partial charge in [-0.3, -0.25) is 0 Å². The molecule has 2 aromatic carbocycles. The van der Waals surface area contributed by atoms with Gasteiger partial charge in [0.2, 0.25) is 0 Å². The van der Waals surface area contributed by atoms with E-state index in [9.17, 15) is 0 Å². The lowest BCUT2D eigenvalue weighted by molar-refractivity contribution is 1.12. The zero-order chi connectivity index (χ0) is 12.5. The fourth-order valence-corrected chi connectivity index (χ4v) is 2.50. The Kier molecular flexibility index (Phi) is 2.67. The van der Waals surface area contributed by atoms with Crippen molar-refractivity contribution in [2.45, 2.75) is 19.8 Å². The Labute approximate surface area is 108 Å². The first kappa shape index (κ1) is 11.1. The molecule has 2 aromatic rings. The largest absolute Gasteiger partial charge is 0.399 e. The smallest absolute Gasteiger partial charge is 0.0314 e. The van der Waals surface area contributed by atoms with Crippen LogP contribution in [0.2, 0.25) is 0 Å². The molecule has 0 saturated heterocycles. The molecule has 0 spiro atoms. The van der Waals surface area contributed by atoms with Crippen LogP contribution in [0.4, 0.5) is 5.69 Å². The minimum Gasteiger partial charge on any atom is -0.399 e. The summed E-state index contributed by atoms with van der Waals surface area (Å²) in [6.07, 6.45) is 4.43. The average Bonchev–Trinajstić information content (AvgIpc) is 2.82. The van der Waals surface area contributed by atoms with Crippen molar-refractivity contribution in [1.82, 2.24) is 0 Å². The van der Waals surface area contributed by atoms with Gasteiger partial charge in [0, 0.05) is 5.69 Å². The van der Waals surface area contributed by atoms with Crippen LogP contribution in [-0.4, -0.2) is 0 Å². The quantitative estimate of drug-likeness (QED) is 0.784. The molecule has 0 aliphatic heterocycles. The van der Waals surface area contributed by atoms with E-state index in [4.69, 9.17) is 5.73 Å².